The zero-order valence-electron chi connectivity index (χ0n) is 14.1. The molecule has 26 heavy (non-hydrogen) atoms. The van der Waals surface area contributed by atoms with Crippen LogP contribution in [0.15, 0.2) is 47.4 Å². The fourth-order valence-corrected chi connectivity index (χ4v) is 3.19. The van der Waals surface area contributed by atoms with Crippen molar-refractivity contribution < 1.29 is 22.9 Å². The lowest BCUT2D eigenvalue weighted by molar-refractivity contribution is -0.123. The Labute approximate surface area is 158 Å². The van der Waals surface area contributed by atoms with E-state index in [9.17, 15) is 18.2 Å². The average molecular weight is 398 g/mol. The van der Waals surface area contributed by atoms with Crippen LogP contribution in [-0.4, -0.2) is 27.9 Å². The van der Waals surface area contributed by atoms with Crippen LogP contribution in [0.3, 0.4) is 0 Å². The molecule has 0 spiro atoms. The first-order chi connectivity index (χ1) is 12.3. The van der Waals surface area contributed by atoms with Crippen LogP contribution in [0, 0.1) is 5.82 Å². The molecule has 0 heterocycles. The van der Waals surface area contributed by atoms with Gasteiger partial charge in [-0.1, -0.05) is 30.7 Å². The molecule has 2 atom stereocenters. The van der Waals surface area contributed by atoms with Crippen LogP contribution < -0.4 is 5.32 Å². The summed E-state index contributed by atoms with van der Waals surface area (Å²) in [5.41, 5.74) is 0.0554. The SMILES string of the molecule is CC[S@@](=O)c1ccccc1C(=O)O[C@H](C)C(=O)Nc1ccc(Cl)cc1F. The minimum absolute atomic E-state index is 0.0743. The smallest absolute Gasteiger partial charge is 0.340 e. The summed E-state index contributed by atoms with van der Waals surface area (Å²) in [6.45, 7) is 3.09. The molecule has 0 aromatic heterocycles. The van der Waals surface area contributed by atoms with Gasteiger partial charge in [0.1, 0.15) is 5.82 Å². The van der Waals surface area contributed by atoms with Crippen LogP contribution in [0.2, 0.25) is 5.02 Å². The van der Waals surface area contributed by atoms with Crippen LogP contribution >= 0.6 is 11.6 Å². The van der Waals surface area contributed by atoms with E-state index in [1.54, 1.807) is 25.1 Å². The van der Waals surface area contributed by atoms with Crippen molar-refractivity contribution in [2.24, 2.45) is 0 Å². The largest absolute Gasteiger partial charge is 0.449 e. The van der Waals surface area contributed by atoms with E-state index in [-0.39, 0.29) is 16.3 Å². The number of halogens is 2. The van der Waals surface area contributed by atoms with Crippen LogP contribution in [0.5, 0.6) is 0 Å². The number of nitrogens with one attached hydrogen (secondary N) is 1. The monoisotopic (exact) mass is 397 g/mol. The van der Waals surface area contributed by atoms with Crippen molar-refractivity contribution >= 4 is 40.0 Å². The van der Waals surface area contributed by atoms with Crippen LogP contribution in [0.4, 0.5) is 10.1 Å². The third-order valence-corrected chi connectivity index (χ3v) is 5.06. The summed E-state index contributed by atoms with van der Waals surface area (Å²) in [7, 11) is -1.35. The van der Waals surface area contributed by atoms with Crippen LogP contribution in [0.25, 0.3) is 0 Å². The molecule has 5 nitrogen and oxygen atoms in total. The Morgan fingerprint density at radius 2 is 1.96 bits per heavy atom. The van der Waals surface area contributed by atoms with Crippen molar-refractivity contribution in [1.29, 1.82) is 0 Å². The summed E-state index contributed by atoms with van der Waals surface area (Å²) in [4.78, 5) is 24.8. The second-order valence-electron chi connectivity index (χ2n) is 5.29. The zero-order valence-corrected chi connectivity index (χ0v) is 15.7. The van der Waals surface area contributed by atoms with Crippen molar-refractivity contribution in [3.63, 3.8) is 0 Å². The molecule has 1 amide bonds. The molecule has 2 rings (SSSR count). The second-order valence-corrected chi connectivity index (χ2v) is 7.44. The lowest BCUT2D eigenvalue weighted by Gasteiger charge is -2.15. The molecule has 0 radical (unpaired) electrons. The molecular formula is C18H17ClFNO4S. The maximum absolute atomic E-state index is 13.7. The Morgan fingerprint density at radius 3 is 2.62 bits per heavy atom. The van der Waals surface area contributed by atoms with Crippen molar-refractivity contribution in [2.45, 2.75) is 24.8 Å². The summed E-state index contributed by atoms with van der Waals surface area (Å²) in [5, 5.41) is 2.53. The summed E-state index contributed by atoms with van der Waals surface area (Å²) in [5.74, 6) is -1.83. The van der Waals surface area contributed by atoms with Gasteiger partial charge in [-0.05, 0) is 37.3 Å². The maximum atomic E-state index is 13.7. The second kappa shape index (κ2) is 8.91. The number of hydrogen-bond donors (Lipinski definition) is 1. The molecule has 2 aromatic rings. The van der Waals surface area contributed by atoms with Crippen molar-refractivity contribution in [3.05, 3.63) is 58.9 Å². The molecule has 0 fully saturated rings. The van der Waals surface area contributed by atoms with Gasteiger partial charge in [-0.3, -0.25) is 9.00 Å². The number of rotatable bonds is 6. The summed E-state index contributed by atoms with van der Waals surface area (Å²) < 4.78 is 30.9. The molecule has 0 aliphatic rings. The third kappa shape index (κ3) is 4.89. The van der Waals surface area contributed by atoms with Gasteiger partial charge in [0.25, 0.3) is 5.91 Å². The van der Waals surface area contributed by atoms with Crippen LogP contribution in [-0.2, 0) is 20.3 Å². The van der Waals surface area contributed by atoms with Crippen molar-refractivity contribution in [1.82, 2.24) is 0 Å². The Hall–Kier alpha value is -2.25. The standard InChI is InChI=1S/C18H17ClFNO4S/c1-3-26(24)16-7-5-4-6-13(16)18(23)25-11(2)17(22)21-15-9-8-12(19)10-14(15)20/h4-11H,3H2,1-2H3,(H,21,22)/t11-,26-/m1/s1. The molecule has 0 saturated heterocycles. The molecule has 0 aliphatic carbocycles. The topological polar surface area (TPSA) is 72.5 Å². The highest BCUT2D eigenvalue weighted by atomic mass is 35.5. The number of amides is 1. The predicted molar refractivity (Wildman–Crippen MR) is 98.3 cm³/mol. The maximum Gasteiger partial charge on any atom is 0.340 e. The van der Waals surface area contributed by atoms with E-state index < -0.39 is 34.6 Å². The highest BCUT2D eigenvalue weighted by Gasteiger charge is 2.22. The number of hydrogen-bond acceptors (Lipinski definition) is 4. The number of esters is 1. The Balaban J connectivity index is 2.09. The van der Waals surface area contributed by atoms with Gasteiger partial charge < -0.3 is 10.1 Å². The molecule has 138 valence electrons. The lowest BCUT2D eigenvalue weighted by atomic mass is 10.2. The summed E-state index contributed by atoms with van der Waals surface area (Å²) in [6, 6.07) is 10.1. The van der Waals surface area contributed by atoms with Gasteiger partial charge in [0.2, 0.25) is 0 Å². The predicted octanol–water partition coefficient (Wildman–Crippen LogP) is 3.79. The Bertz CT molecular complexity index is 859. The first-order valence-corrected chi connectivity index (χ1v) is 9.47. The number of carbonyl (C=O) groups excluding carboxylic acids is 2. The van der Waals surface area contributed by atoms with Crippen molar-refractivity contribution in [3.8, 4) is 0 Å². The molecule has 1 N–H and O–H groups in total. The zero-order chi connectivity index (χ0) is 19.3. The van der Waals surface area contributed by atoms with Crippen molar-refractivity contribution in [2.75, 3.05) is 11.1 Å². The minimum Gasteiger partial charge on any atom is -0.449 e. The molecule has 0 aliphatic heterocycles. The lowest BCUT2D eigenvalue weighted by Crippen LogP contribution is -2.30. The molecule has 2 aromatic carbocycles. The molecule has 0 saturated carbocycles. The van der Waals surface area contributed by atoms with Gasteiger partial charge in [0.05, 0.1) is 26.9 Å². The number of anilines is 1. The van der Waals surface area contributed by atoms with E-state index in [1.807, 2.05) is 0 Å². The quantitative estimate of drug-likeness (QED) is 0.753. The summed E-state index contributed by atoms with van der Waals surface area (Å²) in [6.07, 6.45) is -1.18. The Morgan fingerprint density at radius 1 is 1.27 bits per heavy atom. The number of ether oxygens (including phenoxy) is 1. The van der Waals surface area contributed by atoms with E-state index in [2.05, 4.69) is 5.32 Å². The molecule has 0 unspecified atom stereocenters. The first kappa shape index (κ1) is 20.1. The van der Waals surface area contributed by atoms with E-state index >= 15 is 0 Å². The number of benzene rings is 2. The molecular weight excluding hydrogens is 381 g/mol. The normalized spacial score (nSPS) is 12.9. The van der Waals surface area contributed by atoms with Gasteiger partial charge >= 0.3 is 5.97 Å². The van der Waals surface area contributed by atoms with E-state index in [1.165, 1.54) is 25.1 Å². The Kier molecular flexibility index (Phi) is 6.88. The van der Waals surface area contributed by atoms with Crippen LogP contribution in [0.1, 0.15) is 24.2 Å². The van der Waals surface area contributed by atoms with E-state index in [4.69, 9.17) is 16.3 Å². The number of carbonyl (C=O) groups is 2. The summed E-state index contributed by atoms with van der Waals surface area (Å²) >= 11 is 5.66. The highest BCUT2D eigenvalue weighted by molar-refractivity contribution is 7.85. The first-order valence-electron chi connectivity index (χ1n) is 7.77. The van der Waals surface area contributed by atoms with E-state index in [0.717, 1.165) is 6.07 Å². The van der Waals surface area contributed by atoms with Gasteiger partial charge in [-0.25, -0.2) is 9.18 Å². The fraction of sp³-hybridized carbons (Fsp3) is 0.222. The fourth-order valence-electron chi connectivity index (χ4n) is 2.09. The highest BCUT2D eigenvalue weighted by Crippen LogP contribution is 2.20. The van der Waals surface area contributed by atoms with E-state index in [0.29, 0.717) is 10.6 Å². The molecule has 8 heteroatoms. The average Bonchev–Trinajstić information content (AvgIpc) is 2.63. The van der Waals surface area contributed by atoms with Gasteiger partial charge in [0, 0.05) is 10.8 Å². The van der Waals surface area contributed by atoms with Gasteiger partial charge in [0.15, 0.2) is 6.10 Å². The molecule has 0 bridgehead atoms. The third-order valence-electron chi connectivity index (χ3n) is 3.46. The van der Waals surface area contributed by atoms with Gasteiger partial charge in [-0.15, -0.1) is 0 Å². The minimum atomic E-state index is -1.35. The van der Waals surface area contributed by atoms with Gasteiger partial charge in [-0.2, -0.15) is 0 Å².